The highest BCUT2D eigenvalue weighted by Gasteiger charge is 2.60. The van der Waals surface area contributed by atoms with Crippen LogP contribution >= 0.6 is 0 Å². The van der Waals surface area contributed by atoms with Gasteiger partial charge in [0.05, 0.1) is 64.5 Å². The van der Waals surface area contributed by atoms with Crippen LogP contribution in [0.1, 0.15) is 227 Å². The fraction of sp³-hybridized carbons (Fsp3) is 0.940. The van der Waals surface area contributed by atoms with E-state index >= 15 is 0 Å². The Kier molecular flexibility index (Phi) is 49.2. The van der Waals surface area contributed by atoms with Crippen LogP contribution < -0.4 is 16.0 Å². The third-order valence-electron chi connectivity index (χ3n) is 24.3. The van der Waals surface area contributed by atoms with Crippen molar-refractivity contribution >= 4 is 17.7 Å². The Bertz CT molecular complexity index is 2950. The van der Waals surface area contributed by atoms with Crippen molar-refractivity contribution in [3.63, 3.8) is 0 Å². The van der Waals surface area contributed by atoms with Gasteiger partial charge in [0, 0.05) is 20.3 Å². The van der Waals surface area contributed by atoms with Crippen molar-refractivity contribution in [2.45, 2.75) is 454 Å². The average Bonchev–Trinajstić information content (AvgIpc) is 0.761. The summed E-state index contributed by atoms with van der Waals surface area (Å²) < 4.78 is 84.2. The fourth-order valence-electron chi connectivity index (χ4n) is 16.9. The molecule has 7 rings (SSSR count). The van der Waals surface area contributed by atoms with Crippen LogP contribution in [0.3, 0.4) is 0 Å². The molecule has 23 N–H and O–H groups in total. The zero-order valence-electron chi connectivity index (χ0n) is 72.6. The molecule has 0 bridgehead atoms. The van der Waals surface area contributed by atoms with Gasteiger partial charge in [-0.25, -0.2) is 0 Å². The lowest BCUT2D eigenvalue weighted by Gasteiger charge is -2.52. The van der Waals surface area contributed by atoms with Crippen molar-refractivity contribution < 1.29 is 183 Å². The normalized spacial score (nSPS) is 38.5. The van der Waals surface area contributed by atoms with Gasteiger partial charge in [0.2, 0.25) is 17.7 Å². The number of aliphatic hydroxyl groups excluding tert-OH is 20. The minimum atomic E-state index is -2.37. The van der Waals surface area contributed by atoms with Crippen LogP contribution in [0.2, 0.25) is 0 Å². The monoisotopic (exact) mass is 1790 g/mol. The van der Waals surface area contributed by atoms with E-state index in [-0.39, 0.29) is 12.3 Å². The second-order valence-corrected chi connectivity index (χ2v) is 34.2. The van der Waals surface area contributed by atoms with Gasteiger partial charge in [0.25, 0.3) is 0 Å². The highest BCUT2D eigenvalue weighted by atomic mass is 16.8. The topological polar surface area (TPSA) is 621 Å². The summed E-state index contributed by atoms with van der Waals surface area (Å²) in [7, 11) is 0. The van der Waals surface area contributed by atoms with Crippen LogP contribution in [-0.2, 0) is 80.7 Å². The predicted molar refractivity (Wildman–Crippen MR) is 434 cm³/mol. The first-order valence-electron chi connectivity index (χ1n) is 45.3. The third kappa shape index (κ3) is 31.8. The molecule has 7 fully saturated rings. The van der Waals surface area contributed by atoms with Crippen molar-refractivity contribution in [1.82, 2.24) is 16.0 Å². The van der Waals surface area contributed by atoms with Crippen molar-refractivity contribution in [2.24, 2.45) is 0 Å². The molecular formula is C84H151N3O37. The first kappa shape index (κ1) is 108. The van der Waals surface area contributed by atoms with E-state index in [1.807, 2.05) is 6.08 Å². The molecule has 7 heterocycles. The lowest BCUT2D eigenvalue weighted by atomic mass is 9.93. The van der Waals surface area contributed by atoms with Gasteiger partial charge in [-0.2, -0.15) is 0 Å². The van der Waals surface area contributed by atoms with Gasteiger partial charge in [-0.05, 0) is 26.2 Å². The summed E-state index contributed by atoms with van der Waals surface area (Å²) in [5, 5.41) is 232. The Morgan fingerprint density at radius 3 is 1.12 bits per heavy atom. The molecule has 0 radical (unpaired) electrons. The van der Waals surface area contributed by atoms with E-state index in [4.69, 9.17) is 66.3 Å². The Morgan fingerprint density at radius 1 is 0.331 bits per heavy atom. The van der Waals surface area contributed by atoms with Crippen molar-refractivity contribution in [2.75, 3.05) is 46.2 Å². The largest absolute Gasteiger partial charge is 0.394 e. The zero-order chi connectivity index (χ0) is 90.7. The van der Waals surface area contributed by atoms with Gasteiger partial charge in [-0.3, -0.25) is 14.4 Å². The third-order valence-corrected chi connectivity index (χ3v) is 24.3. The number of unbranched alkanes of at least 4 members (excludes halogenated alkanes) is 27. The minimum absolute atomic E-state index is 0.168. The summed E-state index contributed by atoms with van der Waals surface area (Å²) in [4.78, 5) is 40.1. The lowest BCUT2D eigenvalue weighted by Crippen LogP contribution is -2.71. The van der Waals surface area contributed by atoms with Crippen LogP contribution in [0.4, 0.5) is 0 Å². The number of aliphatic hydroxyl groups is 20. The summed E-state index contributed by atoms with van der Waals surface area (Å²) in [6.45, 7) is 0.982. The average molecular weight is 1800 g/mol. The molecule has 724 valence electrons. The lowest BCUT2D eigenvalue weighted by molar-refractivity contribution is -0.392. The van der Waals surface area contributed by atoms with Crippen molar-refractivity contribution in [1.29, 1.82) is 0 Å². The van der Waals surface area contributed by atoms with Crippen molar-refractivity contribution in [3.8, 4) is 0 Å². The van der Waals surface area contributed by atoms with Gasteiger partial charge in [-0.1, -0.05) is 193 Å². The highest BCUT2D eigenvalue weighted by molar-refractivity contribution is 5.76. The molecule has 40 nitrogen and oxygen atoms in total. The zero-order valence-corrected chi connectivity index (χ0v) is 72.6. The van der Waals surface area contributed by atoms with Gasteiger partial charge in [0.15, 0.2) is 44.0 Å². The van der Waals surface area contributed by atoms with E-state index < -0.39 is 285 Å². The molecule has 3 amide bonds. The maximum Gasteiger partial charge on any atom is 0.220 e. The molecule has 37 atom stereocenters. The minimum Gasteiger partial charge on any atom is -0.394 e. The number of carbonyl (C=O) groups is 3. The molecule has 14 unspecified atom stereocenters. The molecule has 7 aliphatic rings. The SMILES string of the molecule is CCCCCCCCCCCCC/C=C/[C@@H](O)[C@H](CO[C@@H]1OC(CO)[C@@H](O[C@@H]2OC(CO)[C@H](O[C@@H]3OC(CO)[C@H](O)[C@H](O[C@@H]4OC(CO)[C@H](O)[C@H](O[C@@H]5OC(CO)[C@@H](O[C@@H]6OC(CO)[C@H](O)[C@H](O)C6O)[C@H](O[C@H]6OC(C)[C@@H](O)C(O)[C@@H]6O)C5NC(C)=O)C4O)C3NC(C)=O)[C@H](O)C2O)[C@H](O)C1O)NC(=O)CCCCCCCCCCCCCCCCCCC. The molecule has 7 aliphatic heterocycles. The molecule has 0 saturated carbocycles. The smallest absolute Gasteiger partial charge is 0.220 e. The molecule has 124 heavy (non-hydrogen) atoms. The number of hydrogen-bond acceptors (Lipinski definition) is 37. The van der Waals surface area contributed by atoms with Gasteiger partial charge < -0.3 is 184 Å². The molecule has 0 aromatic heterocycles. The standard InChI is InChI=1S/C84H151N3O37/c1-6-8-10-12-14-16-18-20-21-22-23-25-27-29-31-33-35-37-56(97)87-48(49(96)36-34-32-30-28-26-24-19-17-15-13-11-9-7-2)44-111-80-69(108)65(104)73(53(41-91)117-80)120-83-70(109)66(105)72(54(42-92)118-83)119-78-57(85-46(4)94)75(61(100)51(39-89)113-78)122-84-71(110)77(62(101)52(40-90)115-84)124-79-58(86-47(5)95)76(123-81-67(106)63(102)59(98)45(3)112-81)74(55(43-93)116-79)121-82-68(107)64(103)60(99)50(38-88)114-82/h34,36,45,48-55,57-84,88-93,96,98-110H,6-33,35,37-44H2,1-5H3,(H,85,94)(H,86,95)(H,87,97)/b36-34+/t45?,48-,49+,50?,51?,52?,53?,54?,55?,57?,58?,59+,60-,61-,62-,63?,64-,65+,66+,67-,68?,69?,70?,71?,72-,73+,74+,75+,76+,77-,78-,79-,80+,81+,82-,83-,84-/m0/s1. The van der Waals surface area contributed by atoms with E-state index in [0.29, 0.717) is 12.8 Å². The van der Waals surface area contributed by atoms with Crippen LogP contribution in [-0.4, -0.2) is 393 Å². The van der Waals surface area contributed by atoms with Crippen molar-refractivity contribution in [3.05, 3.63) is 12.2 Å². The molecule has 40 heteroatoms. The van der Waals surface area contributed by atoms with E-state index in [0.717, 1.165) is 65.2 Å². The van der Waals surface area contributed by atoms with E-state index in [9.17, 15) is 117 Å². The number of hydrogen-bond donors (Lipinski definition) is 23. The van der Waals surface area contributed by atoms with Crippen LogP contribution in [0.15, 0.2) is 12.2 Å². The molecular weight excluding hydrogens is 1640 g/mol. The summed E-state index contributed by atoms with van der Waals surface area (Å²) in [6.07, 6.45) is -28.9. The molecule has 0 spiro atoms. The number of rotatable bonds is 56. The first-order valence-corrected chi connectivity index (χ1v) is 45.3. The highest BCUT2D eigenvalue weighted by Crippen LogP contribution is 2.40. The fourth-order valence-corrected chi connectivity index (χ4v) is 16.9. The molecule has 0 aromatic carbocycles. The van der Waals surface area contributed by atoms with E-state index in [1.165, 1.54) is 129 Å². The number of allylic oxidation sites excluding steroid dienone is 1. The summed E-state index contributed by atoms with van der Waals surface area (Å²) in [5.74, 6) is -2.17. The first-order chi connectivity index (χ1) is 59.5. The summed E-state index contributed by atoms with van der Waals surface area (Å²) in [6, 6.07) is -4.84. The second-order valence-electron chi connectivity index (χ2n) is 34.2. The number of amides is 3. The molecule has 7 saturated heterocycles. The predicted octanol–water partition coefficient (Wildman–Crippen LogP) is -2.79. The van der Waals surface area contributed by atoms with E-state index in [2.05, 4.69) is 29.8 Å². The Morgan fingerprint density at radius 2 is 0.653 bits per heavy atom. The quantitative estimate of drug-likeness (QED) is 0.0216. The number of carbonyl (C=O) groups excluding carboxylic acids is 3. The van der Waals surface area contributed by atoms with Crippen LogP contribution in [0.5, 0.6) is 0 Å². The maximum absolute atomic E-state index is 13.6. The molecule has 0 aromatic rings. The number of nitrogens with one attached hydrogen (secondary N) is 3. The number of ether oxygens (including phenoxy) is 14. The summed E-state index contributed by atoms with van der Waals surface area (Å²) in [5.41, 5.74) is 0. The van der Waals surface area contributed by atoms with Gasteiger partial charge in [-0.15, -0.1) is 0 Å². The Balaban J connectivity index is 1.01. The Hall–Kier alpha value is -3.21. The Labute approximate surface area is 726 Å². The summed E-state index contributed by atoms with van der Waals surface area (Å²) >= 11 is 0. The van der Waals surface area contributed by atoms with Gasteiger partial charge >= 0.3 is 0 Å². The van der Waals surface area contributed by atoms with Crippen LogP contribution in [0, 0.1) is 0 Å². The maximum atomic E-state index is 13.6. The molecule has 0 aliphatic carbocycles. The van der Waals surface area contributed by atoms with Crippen LogP contribution in [0.25, 0.3) is 0 Å². The van der Waals surface area contributed by atoms with Gasteiger partial charge in [0.1, 0.15) is 165 Å². The second kappa shape index (κ2) is 56.6. The van der Waals surface area contributed by atoms with E-state index in [1.54, 1.807) is 6.08 Å².